The molecular weight excluding hydrogens is 360 g/mol. The molecule has 138 valence electrons. The van der Waals surface area contributed by atoms with Gasteiger partial charge in [0.15, 0.2) is 0 Å². The SMILES string of the molecule is C[C@@H](NC(=O)c1ccc(S(=O)(=O)Nc2ccccc2)cc1)c1ccccc1. The fraction of sp³-hybridized carbons (Fsp3) is 0.0952. The fourth-order valence-electron chi connectivity index (χ4n) is 2.61. The van der Waals surface area contributed by atoms with Gasteiger partial charge < -0.3 is 5.32 Å². The van der Waals surface area contributed by atoms with Gasteiger partial charge in [-0.25, -0.2) is 8.42 Å². The summed E-state index contributed by atoms with van der Waals surface area (Å²) in [6.07, 6.45) is 0. The van der Waals surface area contributed by atoms with E-state index in [0.29, 0.717) is 11.3 Å². The summed E-state index contributed by atoms with van der Waals surface area (Å²) in [6, 6.07) is 24.0. The maximum Gasteiger partial charge on any atom is 0.261 e. The molecule has 2 N–H and O–H groups in total. The molecule has 0 bridgehead atoms. The molecule has 3 aromatic carbocycles. The molecule has 0 aliphatic carbocycles. The standard InChI is InChI=1S/C21H20N2O3S/c1-16(17-8-4-2-5-9-17)22-21(24)18-12-14-20(15-13-18)27(25,26)23-19-10-6-3-7-11-19/h2-16,23H,1H3,(H,22,24)/t16-/m1/s1. The van der Waals surface area contributed by atoms with Crippen molar-refractivity contribution < 1.29 is 13.2 Å². The van der Waals surface area contributed by atoms with Gasteiger partial charge in [-0.15, -0.1) is 0 Å². The van der Waals surface area contributed by atoms with Crippen LogP contribution in [-0.2, 0) is 10.0 Å². The molecule has 5 nitrogen and oxygen atoms in total. The predicted octanol–water partition coefficient (Wildman–Crippen LogP) is 3.98. The molecule has 0 aliphatic rings. The Labute approximate surface area is 159 Å². The second kappa shape index (κ2) is 8.05. The highest BCUT2D eigenvalue weighted by molar-refractivity contribution is 7.92. The van der Waals surface area contributed by atoms with Gasteiger partial charge in [-0.2, -0.15) is 0 Å². The predicted molar refractivity (Wildman–Crippen MR) is 106 cm³/mol. The zero-order valence-electron chi connectivity index (χ0n) is 14.8. The van der Waals surface area contributed by atoms with E-state index in [1.54, 1.807) is 24.3 Å². The maximum absolute atomic E-state index is 12.4. The van der Waals surface area contributed by atoms with E-state index in [9.17, 15) is 13.2 Å². The highest BCUT2D eigenvalue weighted by Crippen LogP contribution is 2.17. The van der Waals surface area contributed by atoms with Crippen LogP contribution in [0.3, 0.4) is 0 Å². The molecule has 6 heteroatoms. The molecule has 0 aliphatic heterocycles. The number of nitrogens with one attached hydrogen (secondary N) is 2. The number of amides is 1. The average molecular weight is 380 g/mol. The first-order valence-electron chi connectivity index (χ1n) is 8.49. The molecule has 0 radical (unpaired) electrons. The summed E-state index contributed by atoms with van der Waals surface area (Å²) in [6.45, 7) is 1.90. The average Bonchev–Trinajstić information content (AvgIpc) is 2.69. The Morgan fingerprint density at radius 1 is 0.815 bits per heavy atom. The van der Waals surface area contributed by atoms with E-state index in [2.05, 4.69) is 10.0 Å². The molecule has 0 aromatic heterocycles. The highest BCUT2D eigenvalue weighted by atomic mass is 32.2. The zero-order valence-corrected chi connectivity index (χ0v) is 15.6. The lowest BCUT2D eigenvalue weighted by atomic mass is 10.1. The fourth-order valence-corrected chi connectivity index (χ4v) is 3.67. The van der Waals surface area contributed by atoms with Crippen molar-refractivity contribution in [3.63, 3.8) is 0 Å². The molecule has 27 heavy (non-hydrogen) atoms. The monoisotopic (exact) mass is 380 g/mol. The number of para-hydroxylation sites is 1. The molecule has 1 amide bonds. The van der Waals surface area contributed by atoms with Gasteiger partial charge >= 0.3 is 0 Å². The van der Waals surface area contributed by atoms with Gasteiger partial charge in [0.1, 0.15) is 0 Å². The number of hydrogen-bond acceptors (Lipinski definition) is 3. The van der Waals surface area contributed by atoms with E-state index < -0.39 is 10.0 Å². The van der Waals surface area contributed by atoms with Crippen LogP contribution in [0.5, 0.6) is 0 Å². The molecule has 0 saturated carbocycles. The largest absolute Gasteiger partial charge is 0.346 e. The molecule has 0 heterocycles. The van der Waals surface area contributed by atoms with Crippen LogP contribution < -0.4 is 10.0 Å². The normalized spacial score (nSPS) is 12.2. The summed E-state index contributed by atoms with van der Waals surface area (Å²) >= 11 is 0. The van der Waals surface area contributed by atoms with E-state index in [4.69, 9.17) is 0 Å². The smallest absolute Gasteiger partial charge is 0.261 e. The molecule has 0 unspecified atom stereocenters. The minimum atomic E-state index is -3.70. The van der Waals surface area contributed by atoms with Crippen LogP contribution >= 0.6 is 0 Å². The first-order valence-corrected chi connectivity index (χ1v) is 9.98. The first kappa shape index (κ1) is 18.7. The molecule has 3 aromatic rings. The van der Waals surface area contributed by atoms with E-state index in [1.807, 2.05) is 43.3 Å². The summed E-state index contributed by atoms with van der Waals surface area (Å²) in [5.74, 6) is -0.258. The van der Waals surface area contributed by atoms with Crippen LogP contribution in [0.1, 0.15) is 28.9 Å². The molecule has 3 rings (SSSR count). The Balaban J connectivity index is 1.70. The number of rotatable bonds is 6. The number of carbonyl (C=O) groups excluding carboxylic acids is 1. The minimum absolute atomic E-state index is 0.0963. The second-order valence-corrected chi connectivity index (χ2v) is 7.78. The quantitative estimate of drug-likeness (QED) is 0.679. The second-order valence-electron chi connectivity index (χ2n) is 6.10. The van der Waals surface area contributed by atoms with Crippen molar-refractivity contribution in [2.24, 2.45) is 0 Å². The van der Waals surface area contributed by atoms with Crippen LogP contribution in [0, 0.1) is 0 Å². The maximum atomic E-state index is 12.4. The lowest BCUT2D eigenvalue weighted by molar-refractivity contribution is 0.0940. The van der Waals surface area contributed by atoms with Gasteiger partial charge in [0.25, 0.3) is 15.9 Å². The van der Waals surface area contributed by atoms with Gasteiger partial charge in [-0.3, -0.25) is 9.52 Å². The number of carbonyl (C=O) groups is 1. The first-order chi connectivity index (χ1) is 13.0. The Morgan fingerprint density at radius 3 is 1.96 bits per heavy atom. The van der Waals surface area contributed by atoms with E-state index in [1.165, 1.54) is 24.3 Å². The van der Waals surface area contributed by atoms with Crippen molar-refractivity contribution in [1.82, 2.24) is 5.32 Å². The van der Waals surface area contributed by atoms with Gasteiger partial charge in [0.2, 0.25) is 0 Å². The number of sulfonamides is 1. The number of anilines is 1. The third-order valence-electron chi connectivity index (χ3n) is 4.10. The summed E-state index contributed by atoms with van der Waals surface area (Å²) in [4.78, 5) is 12.5. The van der Waals surface area contributed by atoms with E-state index in [0.717, 1.165) is 5.56 Å². The van der Waals surface area contributed by atoms with Crippen LogP contribution in [-0.4, -0.2) is 14.3 Å². The van der Waals surface area contributed by atoms with Gasteiger partial charge in [-0.05, 0) is 48.9 Å². The Morgan fingerprint density at radius 2 is 1.37 bits per heavy atom. The Bertz CT molecular complexity index is 1000. The van der Waals surface area contributed by atoms with Crippen LogP contribution in [0.2, 0.25) is 0 Å². The lowest BCUT2D eigenvalue weighted by Crippen LogP contribution is -2.26. The van der Waals surface area contributed by atoms with E-state index in [-0.39, 0.29) is 16.8 Å². The molecule has 1 atom stereocenters. The third kappa shape index (κ3) is 4.74. The summed E-state index contributed by atoms with van der Waals surface area (Å²) < 4.78 is 27.4. The summed E-state index contributed by atoms with van der Waals surface area (Å²) in [5.41, 5.74) is 1.88. The van der Waals surface area contributed by atoms with Crippen LogP contribution in [0.15, 0.2) is 89.8 Å². The molecule has 0 spiro atoms. The van der Waals surface area contributed by atoms with Gasteiger partial charge in [0, 0.05) is 11.3 Å². The van der Waals surface area contributed by atoms with Crippen LogP contribution in [0.4, 0.5) is 5.69 Å². The van der Waals surface area contributed by atoms with Crippen LogP contribution in [0.25, 0.3) is 0 Å². The number of benzene rings is 3. The van der Waals surface area contributed by atoms with Gasteiger partial charge in [-0.1, -0.05) is 48.5 Å². The summed E-state index contributed by atoms with van der Waals surface area (Å²) in [5, 5.41) is 2.91. The van der Waals surface area contributed by atoms with Crippen molar-refractivity contribution in [2.45, 2.75) is 17.9 Å². The Hall–Kier alpha value is -3.12. The molecular formula is C21H20N2O3S. The Kier molecular flexibility index (Phi) is 5.57. The zero-order chi connectivity index (χ0) is 19.3. The van der Waals surface area contributed by atoms with Crippen molar-refractivity contribution >= 4 is 21.6 Å². The van der Waals surface area contributed by atoms with Crippen molar-refractivity contribution in [1.29, 1.82) is 0 Å². The summed E-state index contributed by atoms with van der Waals surface area (Å²) in [7, 11) is -3.70. The minimum Gasteiger partial charge on any atom is -0.346 e. The van der Waals surface area contributed by atoms with Crippen molar-refractivity contribution in [3.8, 4) is 0 Å². The lowest BCUT2D eigenvalue weighted by Gasteiger charge is -2.14. The van der Waals surface area contributed by atoms with Crippen molar-refractivity contribution in [2.75, 3.05) is 4.72 Å². The molecule has 0 saturated heterocycles. The van der Waals surface area contributed by atoms with Crippen molar-refractivity contribution in [3.05, 3.63) is 96.1 Å². The van der Waals surface area contributed by atoms with E-state index >= 15 is 0 Å². The highest BCUT2D eigenvalue weighted by Gasteiger charge is 2.16. The number of hydrogen-bond donors (Lipinski definition) is 2. The topological polar surface area (TPSA) is 75.3 Å². The third-order valence-corrected chi connectivity index (χ3v) is 5.50. The van der Waals surface area contributed by atoms with Gasteiger partial charge in [0.05, 0.1) is 10.9 Å². The molecule has 0 fully saturated rings.